The number of nitrogens with one attached hydrogen (secondary N) is 2. The van der Waals surface area contributed by atoms with Crippen LogP contribution in [0.25, 0.3) is 0 Å². The topological polar surface area (TPSA) is 63.2 Å². The minimum atomic E-state index is -0.265. The third-order valence-electron chi connectivity index (χ3n) is 2.64. The lowest BCUT2D eigenvalue weighted by Gasteiger charge is -2.08. The normalized spacial score (nSPS) is 9.95. The van der Waals surface area contributed by atoms with Gasteiger partial charge in [-0.25, -0.2) is 4.98 Å². The van der Waals surface area contributed by atoms with Gasteiger partial charge in [0.2, 0.25) is 0 Å². The van der Waals surface area contributed by atoms with Crippen LogP contribution in [0.4, 0.5) is 11.5 Å². The number of benzene rings is 1. The maximum atomic E-state index is 12.2. The number of aromatic nitrogens is 1. The van der Waals surface area contributed by atoms with Crippen LogP contribution in [-0.4, -0.2) is 25.0 Å². The van der Waals surface area contributed by atoms with Crippen molar-refractivity contribution in [1.29, 1.82) is 0 Å². The van der Waals surface area contributed by atoms with Gasteiger partial charge in [-0.1, -0.05) is 17.7 Å². The number of methoxy groups -OCH3 is 1. The lowest BCUT2D eigenvalue weighted by Crippen LogP contribution is -2.12. The number of ether oxygens (including phenoxy) is 1. The monoisotopic (exact) mass is 291 g/mol. The molecule has 0 aliphatic carbocycles. The summed E-state index contributed by atoms with van der Waals surface area (Å²) in [4.78, 5) is 16.2. The van der Waals surface area contributed by atoms with Crippen LogP contribution in [0, 0.1) is 0 Å². The molecule has 0 saturated heterocycles. The van der Waals surface area contributed by atoms with E-state index >= 15 is 0 Å². The lowest BCUT2D eigenvalue weighted by molar-refractivity contribution is 0.102. The Kier molecular flexibility index (Phi) is 4.42. The number of carbonyl (C=O) groups excluding carboxylic acids is 1. The molecule has 0 spiro atoms. The minimum Gasteiger partial charge on any atom is -0.497 e. The summed E-state index contributed by atoms with van der Waals surface area (Å²) in [6.45, 7) is 0. The highest BCUT2D eigenvalue weighted by Crippen LogP contribution is 2.19. The number of hydrogen-bond donors (Lipinski definition) is 2. The van der Waals surface area contributed by atoms with E-state index in [1.165, 1.54) is 6.07 Å². The predicted octanol–water partition coefficient (Wildman–Crippen LogP) is 3.04. The molecule has 0 unspecified atom stereocenters. The summed E-state index contributed by atoms with van der Waals surface area (Å²) in [6.07, 6.45) is 0. The number of nitrogens with zero attached hydrogens (tertiary/aromatic N) is 1. The van der Waals surface area contributed by atoms with E-state index in [0.717, 1.165) is 0 Å². The van der Waals surface area contributed by atoms with Crippen molar-refractivity contribution in [2.45, 2.75) is 0 Å². The fraction of sp³-hybridized carbons (Fsp3) is 0.143. The maximum Gasteiger partial charge on any atom is 0.255 e. The molecule has 0 bridgehead atoms. The molecule has 1 heterocycles. The molecule has 1 aromatic carbocycles. The molecule has 1 aromatic heterocycles. The van der Waals surface area contributed by atoms with E-state index in [-0.39, 0.29) is 11.1 Å². The van der Waals surface area contributed by atoms with Crippen LogP contribution < -0.4 is 15.4 Å². The van der Waals surface area contributed by atoms with Crippen molar-refractivity contribution in [3.8, 4) is 5.75 Å². The zero-order valence-electron chi connectivity index (χ0n) is 11.1. The SMILES string of the molecule is CNc1cc(C(=O)Nc2cccc(OC)c2)cc(Cl)n1. The Bertz CT molecular complexity index is 632. The third-order valence-corrected chi connectivity index (χ3v) is 2.83. The summed E-state index contributed by atoms with van der Waals surface area (Å²) in [5, 5.41) is 5.89. The van der Waals surface area contributed by atoms with Crippen LogP contribution in [0.2, 0.25) is 5.15 Å². The van der Waals surface area contributed by atoms with Crippen molar-refractivity contribution in [3.63, 3.8) is 0 Å². The molecule has 6 heteroatoms. The van der Waals surface area contributed by atoms with Gasteiger partial charge in [-0.15, -0.1) is 0 Å². The summed E-state index contributed by atoms with van der Waals surface area (Å²) in [5.41, 5.74) is 1.07. The van der Waals surface area contributed by atoms with Gasteiger partial charge in [0.25, 0.3) is 5.91 Å². The molecule has 2 N–H and O–H groups in total. The molecule has 2 rings (SSSR count). The van der Waals surface area contributed by atoms with Gasteiger partial charge in [0, 0.05) is 24.4 Å². The minimum absolute atomic E-state index is 0.257. The van der Waals surface area contributed by atoms with Crippen LogP contribution in [0.15, 0.2) is 36.4 Å². The first kappa shape index (κ1) is 14.1. The Balaban J connectivity index is 2.21. The summed E-state index contributed by atoms with van der Waals surface area (Å²) in [6, 6.07) is 10.3. The first-order valence-electron chi connectivity index (χ1n) is 5.93. The van der Waals surface area contributed by atoms with Gasteiger partial charge >= 0.3 is 0 Å². The van der Waals surface area contributed by atoms with Crippen LogP contribution in [0.1, 0.15) is 10.4 Å². The fourth-order valence-electron chi connectivity index (χ4n) is 1.66. The van der Waals surface area contributed by atoms with Crippen molar-refractivity contribution in [2.24, 2.45) is 0 Å². The zero-order valence-corrected chi connectivity index (χ0v) is 11.9. The van der Waals surface area contributed by atoms with E-state index in [1.54, 1.807) is 44.5 Å². The molecule has 20 heavy (non-hydrogen) atoms. The number of anilines is 2. The molecule has 0 aliphatic heterocycles. The molecule has 1 amide bonds. The molecule has 0 aliphatic rings. The highest BCUT2D eigenvalue weighted by molar-refractivity contribution is 6.30. The Morgan fingerprint density at radius 1 is 1.30 bits per heavy atom. The van der Waals surface area contributed by atoms with Gasteiger partial charge in [0.15, 0.2) is 0 Å². The molecule has 0 saturated carbocycles. The molecule has 0 atom stereocenters. The van der Waals surface area contributed by atoms with Crippen molar-refractivity contribution < 1.29 is 9.53 Å². The third kappa shape index (κ3) is 3.39. The number of rotatable bonds is 4. The van der Waals surface area contributed by atoms with E-state index in [4.69, 9.17) is 16.3 Å². The zero-order chi connectivity index (χ0) is 14.5. The maximum absolute atomic E-state index is 12.2. The number of pyridine rings is 1. The van der Waals surface area contributed by atoms with E-state index in [9.17, 15) is 4.79 Å². The quantitative estimate of drug-likeness (QED) is 0.850. The van der Waals surface area contributed by atoms with Crippen molar-refractivity contribution in [3.05, 3.63) is 47.1 Å². The van der Waals surface area contributed by atoms with Crippen molar-refractivity contribution in [2.75, 3.05) is 24.8 Å². The Labute approximate surface area is 121 Å². The molecule has 2 aromatic rings. The Morgan fingerprint density at radius 2 is 2.10 bits per heavy atom. The van der Waals surface area contributed by atoms with Gasteiger partial charge in [-0.3, -0.25) is 4.79 Å². The molecule has 0 fully saturated rings. The summed E-state index contributed by atoms with van der Waals surface area (Å²) < 4.78 is 5.11. The molecule has 5 nitrogen and oxygen atoms in total. The van der Waals surface area contributed by atoms with Gasteiger partial charge in [-0.2, -0.15) is 0 Å². The van der Waals surface area contributed by atoms with E-state index in [0.29, 0.717) is 22.8 Å². The standard InChI is InChI=1S/C14H14ClN3O2/c1-16-13-7-9(6-12(15)18-13)14(19)17-10-4-3-5-11(8-10)20-2/h3-8H,1-2H3,(H,16,18)(H,17,19). The van der Waals surface area contributed by atoms with Crippen molar-refractivity contribution in [1.82, 2.24) is 4.98 Å². The average Bonchev–Trinajstić information content (AvgIpc) is 2.46. The fourth-order valence-corrected chi connectivity index (χ4v) is 1.87. The van der Waals surface area contributed by atoms with E-state index < -0.39 is 0 Å². The molecular formula is C14H14ClN3O2. The van der Waals surface area contributed by atoms with Crippen LogP contribution in [0.5, 0.6) is 5.75 Å². The molecular weight excluding hydrogens is 278 g/mol. The highest BCUT2D eigenvalue weighted by atomic mass is 35.5. The van der Waals surface area contributed by atoms with Gasteiger partial charge < -0.3 is 15.4 Å². The second kappa shape index (κ2) is 6.25. The van der Waals surface area contributed by atoms with Crippen LogP contribution in [0.3, 0.4) is 0 Å². The number of hydrogen-bond acceptors (Lipinski definition) is 4. The summed E-state index contributed by atoms with van der Waals surface area (Å²) in [7, 11) is 3.28. The Morgan fingerprint density at radius 3 is 2.80 bits per heavy atom. The first-order chi connectivity index (χ1) is 9.62. The number of halogens is 1. The average molecular weight is 292 g/mol. The van der Waals surface area contributed by atoms with Gasteiger partial charge in [0.05, 0.1) is 7.11 Å². The van der Waals surface area contributed by atoms with E-state index in [2.05, 4.69) is 15.6 Å². The Hall–Kier alpha value is -2.27. The van der Waals surface area contributed by atoms with Gasteiger partial charge in [0.1, 0.15) is 16.7 Å². The van der Waals surface area contributed by atoms with Gasteiger partial charge in [-0.05, 0) is 24.3 Å². The second-order valence-electron chi connectivity index (χ2n) is 4.00. The molecule has 104 valence electrons. The van der Waals surface area contributed by atoms with Crippen LogP contribution >= 0.6 is 11.6 Å². The summed E-state index contributed by atoms with van der Waals surface area (Å²) in [5.74, 6) is 0.943. The van der Waals surface area contributed by atoms with E-state index in [1.807, 2.05) is 0 Å². The number of carbonyl (C=O) groups is 1. The number of amides is 1. The largest absolute Gasteiger partial charge is 0.497 e. The summed E-state index contributed by atoms with van der Waals surface area (Å²) >= 11 is 5.87. The first-order valence-corrected chi connectivity index (χ1v) is 6.31. The lowest BCUT2D eigenvalue weighted by atomic mass is 10.2. The molecule has 0 radical (unpaired) electrons. The highest BCUT2D eigenvalue weighted by Gasteiger charge is 2.09. The second-order valence-corrected chi connectivity index (χ2v) is 4.39. The predicted molar refractivity (Wildman–Crippen MR) is 79.7 cm³/mol. The van der Waals surface area contributed by atoms with Crippen LogP contribution in [-0.2, 0) is 0 Å². The smallest absolute Gasteiger partial charge is 0.255 e. The van der Waals surface area contributed by atoms with Crippen molar-refractivity contribution >= 4 is 29.0 Å².